The molecule has 6 heteroatoms. The molecule has 1 aromatic carbocycles. The van der Waals surface area contributed by atoms with Crippen LogP contribution in [0.1, 0.15) is 44.2 Å². The van der Waals surface area contributed by atoms with E-state index in [1.165, 1.54) is 12.1 Å². The Hall–Kier alpha value is -1.72. The Morgan fingerprint density at radius 3 is 2.50 bits per heavy atom. The van der Waals surface area contributed by atoms with Crippen molar-refractivity contribution in [3.63, 3.8) is 0 Å². The van der Waals surface area contributed by atoms with Crippen molar-refractivity contribution in [3.05, 3.63) is 29.3 Å². The molecule has 1 aromatic rings. The van der Waals surface area contributed by atoms with Gasteiger partial charge in [0.15, 0.2) is 0 Å². The topological polar surface area (TPSA) is 40.5 Å². The number of anilines is 1. The van der Waals surface area contributed by atoms with Crippen molar-refractivity contribution < 1.29 is 23.1 Å². The molecule has 0 amide bonds. The second-order valence-corrected chi connectivity index (χ2v) is 6.19. The lowest BCUT2D eigenvalue weighted by Crippen LogP contribution is -2.30. The number of carboxylic acid groups (broad SMARTS) is 1. The normalized spacial score (nSPS) is 19.4. The third-order valence-corrected chi connectivity index (χ3v) is 4.20. The molecule has 3 nitrogen and oxygen atoms in total. The smallest absolute Gasteiger partial charge is 0.416 e. The van der Waals surface area contributed by atoms with E-state index in [9.17, 15) is 18.0 Å². The number of carbonyl (C=O) groups is 1. The van der Waals surface area contributed by atoms with E-state index in [1.54, 1.807) is 6.92 Å². The molecule has 22 heavy (non-hydrogen) atoms. The molecule has 2 unspecified atom stereocenters. The predicted molar refractivity (Wildman–Crippen MR) is 78.1 cm³/mol. The highest BCUT2D eigenvalue weighted by molar-refractivity contribution is 5.70. The van der Waals surface area contributed by atoms with Crippen molar-refractivity contribution in [1.29, 1.82) is 0 Å². The lowest BCUT2D eigenvalue weighted by atomic mass is 9.90. The number of hydrogen-bond acceptors (Lipinski definition) is 2. The van der Waals surface area contributed by atoms with Crippen LogP contribution in [0, 0.1) is 5.92 Å². The van der Waals surface area contributed by atoms with Gasteiger partial charge in [0, 0.05) is 24.2 Å². The van der Waals surface area contributed by atoms with Gasteiger partial charge in [-0.3, -0.25) is 4.79 Å². The van der Waals surface area contributed by atoms with Gasteiger partial charge in [-0.15, -0.1) is 0 Å². The monoisotopic (exact) mass is 315 g/mol. The van der Waals surface area contributed by atoms with Gasteiger partial charge in [-0.25, -0.2) is 0 Å². The number of alkyl halides is 3. The summed E-state index contributed by atoms with van der Waals surface area (Å²) in [4.78, 5) is 13.1. The van der Waals surface area contributed by atoms with Crippen LogP contribution < -0.4 is 4.90 Å². The first-order valence-corrected chi connectivity index (χ1v) is 7.31. The third-order valence-electron chi connectivity index (χ3n) is 4.20. The summed E-state index contributed by atoms with van der Waals surface area (Å²) < 4.78 is 38.8. The van der Waals surface area contributed by atoms with E-state index in [0.717, 1.165) is 11.8 Å². The van der Waals surface area contributed by atoms with Crippen molar-refractivity contribution in [3.8, 4) is 0 Å². The molecule has 0 saturated heterocycles. The number of halogens is 3. The summed E-state index contributed by atoms with van der Waals surface area (Å²) in [6, 6.07) is 3.93. The fourth-order valence-electron chi connectivity index (χ4n) is 2.97. The van der Waals surface area contributed by atoms with Crippen molar-refractivity contribution in [1.82, 2.24) is 0 Å². The standard InChI is InChI=1S/C16H20F3NO2/c1-9(2)20-8-11(6-10(3)15(21)22)13-7-12(16(17,18)19)4-5-14(13)20/h4-5,7,9-11H,6,8H2,1-3H3,(H,21,22). The number of aliphatic carboxylic acids is 1. The Balaban J connectivity index is 2.39. The highest BCUT2D eigenvalue weighted by atomic mass is 19.4. The quantitative estimate of drug-likeness (QED) is 0.908. The minimum atomic E-state index is -4.39. The van der Waals surface area contributed by atoms with E-state index in [1.807, 2.05) is 18.7 Å². The van der Waals surface area contributed by atoms with Gasteiger partial charge in [-0.05, 0) is 44.0 Å². The molecule has 0 fully saturated rings. The molecule has 0 bridgehead atoms. The SMILES string of the molecule is CC(CC1CN(C(C)C)c2ccc(C(F)(F)F)cc21)C(=O)O. The van der Waals surface area contributed by atoms with E-state index >= 15 is 0 Å². The number of carboxylic acids is 1. The van der Waals surface area contributed by atoms with Gasteiger partial charge in [0.1, 0.15) is 0 Å². The molecule has 0 aromatic heterocycles. The van der Waals surface area contributed by atoms with Crippen molar-refractivity contribution in [2.75, 3.05) is 11.4 Å². The summed E-state index contributed by atoms with van der Waals surface area (Å²) >= 11 is 0. The maximum atomic E-state index is 12.9. The zero-order valence-electron chi connectivity index (χ0n) is 12.8. The molecule has 2 atom stereocenters. The largest absolute Gasteiger partial charge is 0.481 e. The van der Waals surface area contributed by atoms with Crippen LogP contribution in [-0.4, -0.2) is 23.7 Å². The van der Waals surface area contributed by atoms with Crippen LogP contribution in [-0.2, 0) is 11.0 Å². The van der Waals surface area contributed by atoms with E-state index in [-0.39, 0.29) is 12.0 Å². The van der Waals surface area contributed by atoms with Crippen molar-refractivity contribution >= 4 is 11.7 Å². The number of fused-ring (bicyclic) bond motifs is 1. The molecule has 1 aliphatic rings. The Labute approximate surface area is 127 Å². The average molecular weight is 315 g/mol. The lowest BCUT2D eigenvalue weighted by molar-refractivity contribution is -0.141. The van der Waals surface area contributed by atoms with Crippen LogP contribution in [0.15, 0.2) is 18.2 Å². The fraction of sp³-hybridized carbons (Fsp3) is 0.562. The van der Waals surface area contributed by atoms with Gasteiger partial charge in [-0.1, -0.05) is 6.92 Å². The third kappa shape index (κ3) is 3.20. The van der Waals surface area contributed by atoms with Crippen LogP contribution >= 0.6 is 0 Å². The van der Waals surface area contributed by atoms with Gasteiger partial charge in [-0.2, -0.15) is 13.2 Å². The highest BCUT2D eigenvalue weighted by Gasteiger charge is 2.36. The summed E-state index contributed by atoms with van der Waals surface area (Å²) in [5.41, 5.74) is 0.715. The number of benzene rings is 1. The predicted octanol–water partition coefficient (Wildman–Crippen LogP) is 4.13. The van der Waals surface area contributed by atoms with Gasteiger partial charge >= 0.3 is 12.1 Å². The maximum absolute atomic E-state index is 12.9. The second kappa shape index (κ2) is 5.82. The molecule has 0 spiro atoms. The van der Waals surface area contributed by atoms with E-state index in [4.69, 9.17) is 5.11 Å². The zero-order valence-corrected chi connectivity index (χ0v) is 12.8. The van der Waals surface area contributed by atoms with Gasteiger partial charge in [0.05, 0.1) is 11.5 Å². The fourth-order valence-corrected chi connectivity index (χ4v) is 2.97. The molecular formula is C16H20F3NO2. The first-order valence-electron chi connectivity index (χ1n) is 7.31. The van der Waals surface area contributed by atoms with E-state index < -0.39 is 23.6 Å². The minimum absolute atomic E-state index is 0.153. The van der Waals surface area contributed by atoms with Crippen LogP contribution in [0.4, 0.5) is 18.9 Å². The highest BCUT2D eigenvalue weighted by Crippen LogP contribution is 2.43. The molecule has 1 aliphatic heterocycles. The summed E-state index contributed by atoms with van der Waals surface area (Å²) in [5.74, 6) is -1.69. The minimum Gasteiger partial charge on any atom is -0.481 e. The summed E-state index contributed by atoms with van der Waals surface area (Å²) in [5, 5.41) is 9.06. The first kappa shape index (κ1) is 16.6. The molecule has 0 aliphatic carbocycles. The lowest BCUT2D eigenvalue weighted by Gasteiger charge is -2.24. The summed E-state index contributed by atoms with van der Waals surface area (Å²) in [7, 11) is 0. The molecule has 0 saturated carbocycles. The first-order chi connectivity index (χ1) is 10.1. The Bertz CT molecular complexity index is 569. The van der Waals surface area contributed by atoms with Gasteiger partial charge in [0.25, 0.3) is 0 Å². The summed E-state index contributed by atoms with van der Waals surface area (Å²) in [6.45, 7) is 6.11. The molecule has 1 N–H and O–H groups in total. The van der Waals surface area contributed by atoms with Gasteiger partial charge in [0.2, 0.25) is 0 Å². The number of nitrogens with zero attached hydrogens (tertiary/aromatic N) is 1. The Morgan fingerprint density at radius 1 is 1.36 bits per heavy atom. The number of hydrogen-bond donors (Lipinski definition) is 1. The average Bonchev–Trinajstić information content (AvgIpc) is 2.76. The molecule has 2 rings (SSSR count). The van der Waals surface area contributed by atoms with Gasteiger partial charge < -0.3 is 10.0 Å². The van der Waals surface area contributed by atoms with Crippen LogP contribution in [0.2, 0.25) is 0 Å². The molecule has 122 valence electrons. The molecule has 0 radical (unpaired) electrons. The van der Waals surface area contributed by atoms with Crippen molar-refractivity contribution in [2.24, 2.45) is 5.92 Å². The van der Waals surface area contributed by atoms with E-state index in [0.29, 0.717) is 18.5 Å². The Morgan fingerprint density at radius 2 is 2.00 bits per heavy atom. The summed E-state index contributed by atoms with van der Waals surface area (Å²) in [6.07, 6.45) is -4.05. The number of rotatable bonds is 4. The van der Waals surface area contributed by atoms with Crippen LogP contribution in [0.3, 0.4) is 0 Å². The molecule has 1 heterocycles. The van der Waals surface area contributed by atoms with Crippen LogP contribution in [0.25, 0.3) is 0 Å². The van der Waals surface area contributed by atoms with Crippen LogP contribution in [0.5, 0.6) is 0 Å². The van der Waals surface area contributed by atoms with E-state index in [2.05, 4.69) is 0 Å². The maximum Gasteiger partial charge on any atom is 0.416 e. The molecular weight excluding hydrogens is 295 g/mol. The zero-order chi connectivity index (χ0) is 16.7. The Kier molecular flexibility index (Phi) is 4.40. The second-order valence-electron chi connectivity index (χ2n) is 6.19. The van der Waals surface area contributed by atoms with Crippen molar-refractivity contribution in [2.45, 2.75) is 45.3 Å².